The number of carbonyl (C=O) groups is 1. The van der Waals surface area contributed by atoms with Crippen molar-refractivity contribution in [2.45, 2.75) is 52.2 Å². The van der Waals surface area contributed by atoms with Gasteiger partial charge in [-0.15, -0.1) is 0 Å². The number of carbonyl (C=O) groups excluding carboxylic acids is 1. The Labute approximate surface area is 171 Å². The first kappa shape index (κ1) is 21.5. The smallest absolute Gasteiger partial charge is 0.225 e. The van der Waals surface area contributed by atoms with E-state index in [9.17, 15) is 9.90 Å². The number of unbranched alkanes of at least 4 members (excludes halogenated alkanes) is 1. The summed E-state index contributed by atoms with van der Waals surface area (Å²) in [6, 6.07) is 8.19. The van der Waals surface area contributed by atoms with Crippen LogP contribution in [0.2, 0.25) is 0 Å². The number of hydrogen-bond donors (Lipinski definition) is 1. The van der Waals surface area contributed by atoms with E-state index in [0.29, 0.717) is 13.0 Å². The maximum Gasteiger partial charge on any atom is 0.225 e. The molecule has 1 aliphatic heterocycles. The van der Waals surface area contributed by atoms with Gasteiger partial charge in [-0.25, -0.2) is 0 Å². The second-order valence-electron chi connectivity index (χ2n) is 7.31. The average molecular weight is 403 g/mol. The molecule has 0 bridgehead atoms. The van der Waals surface area contributed by atoms with Gasteiger partial charge in [0.2, 0.25) is 5.91 Å². The number of aliphatic hydroxyl groups is 1. The Morgan fingerprint density at radius 1 is 1.29 bits per heavy atom. The maximum atomic E-state index is 11.8. The fourth-order valence-electron chi connectivity index (χ4n) is 2.81. The SMILES string of the molecule is [CH2-]CC/C=C\CN1C(=O)C[C@@H]1c1ccc(C(O)C(C)(C)C)cc1.[Y]. The third-order valence-electron chi connectivity index (χ3n) is 4.36. The first-order valence-corrected chi connectivity index (χ1v) is 8.36. The number of likely N-dealkylation sites (tertiary alicyclic amines) is 1. The van der Waals surface area contributed by atoms with Crippen LogP contribution in [-0.2, 0) is 37.5 Å². The summed E-state index contributed by atoms with van der Waals surface area (Å²) in [5, 5.41) is 10.3. The Bertz CT molecular complexity index is 560. The Morgan fingerprint density at radius 3 is 2.42 bits per heavy atom. The van der Waals surface area contributed by atoms with Crippen molar-refractivity contribution in [3.05, 3.63) is 54.5 Å². The standard InChI is InChI=1S/C20H28NO2.Y/c1-5-6-7-8-13-21-17(14-18(21)22)15-9-11-16(12-10-15)19(23)20(2,3)4;/h7-12,17,19,23H,1,5-6,13-14H2,2-4H3;/q-1;/b8-7-;/t17-,19?;/m1./s1. The molecule has 1 N–H and O–H groups in total. The Morgan fingerprint density at radius 2 is 1.92 bits per heavy atom. The third-order valence-corrected chi connectivity index (χ3v) is 4.36. The van der Waals surface area contributed by atoms with E-state index in [1.165, 1.54) is 0 Å². The van der Waals surface area contributed by atoms with E-state index in [1.807, 2.05) is 56.0 Å². The molecule has 3 nitrogen and oxygen atoms in total. The first-order valence-electron chi connectivity index (χ1n) is 8.36. The van der Waals surface area contributed by atoms with Gasteiger partial charge < -0.3 is 16.9 Å². The van der Waals surface area contributed by atoms with Gasteiger partial charge in [-0.1, -0.05) is 63.6 Å². The summed E-state index contributed by atoms with van der Waals surface area (Å²) in [7, 11) is 0. The zero-order valence-corrected chi connectivity index (χ0v) is 17.9. The van der Waals surface area contributed by atoms with Gasteiger partial charge in [-0.05, 0) is 16.5 Å². The quantitative estimate of drug-likeness (QED) is 0.439. The molecule has 0 aromatic heterocycles. The van der Waals surface area contributed by atoms with Crippen LogP contribution >= 0.6 is 0 Å². The minimum atomic E-state index is -0.485. The summed E-state index contributed by atoms with van der Waals surface area (Å²) in [6.45, 7) is 10.5. The van der Waals surface area contributed by atoms with E-state index in [-0.39, 0.29) is 50.1 Å². The number of allylic oxidation sites excluding steroid dienone is 1. The van der Waals surface area contributed by atoms with Gasteiger partial charge in [0, 0.05) is 39.3 Å². The van der Waals surface area contributed by atoms with Crippen LogP contribution in [0.15, 0.2) is 36.4 Å². The van der Waals surface area contributed by atoms with Crippen molar-refractivity contribution in [3.8, 4) is 0 Å². The Balaban J connectivity index is 0.00000288. The molecule has 0 aliphatic carbocycles. The van der Waals surface area contributed by atoms with Crippen molar-refractivity contribution in [2.75, 3.05) is 6.54 Å². The molecule has 129 valence electrons. The molecule has 0 spiro atoms. The molecule has 1 aromatic carbocycles. The molecule has 2 rings (SSSR count). The molecule has 0 saturated carbocycles. The van der Waals surface area contributed by atoms with Crippen molar-refractivity contribution < 1.29 is 42.6 Å². The number of hydrogen-bond acceptors (Lipinski definition) is 2. The van der Waals surface area contributed by atoms with Crippen LogP contribution in [0.5, 0.6) is 0 Å². The summed E-state index contributed by atoms with van der Waals surface area (Å²) in [6.07, 6.45) is 6.05. The molecule has 1 unspecified atom stereocenters. The van der Waals surface area contributed by atoms with E-state index in [1.54, 1.807) is 0 Å². The van der Waals surface area contributed by atoms with Gasteiger partial charge >= 0.3 is 0 Å². The predicted molar refractivity (Wildman–Crippen MR) is 93.7 cm³/mol. The third kappa shape index (κ3) is 5.24. The molecular weight excluding hydrogens is 375 g/mol. The molecule has 2 atom stereocenters. The van der Waals surface area contributed by atoms with E-state index < -0.39 is 6.10 Å². The number of amides is 1. The van der Waals surface area contributed by atoms with Gasteiger partial charge in [-0.3, -0.25) is 4.79 Å². The van der Waals surface area contributed by atoms with E-state index in [4.69, 9.17) is 0 Å². The van der Waals surface area contributed by atoms with Gasteiger partial charge in [0.25, 0.3) is 0 Å². The van der Waals surface area contributed by atoms with E-state index in [2.05, 4.69) is 13.0 Å². The number of β-lactam (4-membered cyclic amide) rings is 1. The molecule has 1 saturated heterocycles. The minimum Gasteiger partial charge on any atom is -0.388 e. The zero-order chi connectivity index (χ0) is 17.0. The topological polar surface area (TPSA) is 40.5 Å². The molecule has 1 aromatic rings. The molecule has 1 fully saturated rings. The predicted octanol–water partition coefficient (Wildman–Crippen LogP) is 4.21. The van der Waals surface area contributed by atoms with Crippen molar-refractivity contribution in [1.29, 1.82) is 0 Å². The van der Waals surface area contributed by atoms with Crippen molar-refractivity contribution in [2.24, 2.45) is 5.41 Å². The second kappa shape index (κ2) is 9.26. The molecule has 1 radical (unpaired) electrons. The summed E-state index contributed by atoms with van der Waals surface area (Å²) in [5.41, 5.74) is 1.88. The van der Waals surface area contributed by atoms with Crippen LogP contribution in [0.1, 0.15) is 63.3 Å². The van der Waals surface area contributed by atoms with Gasteiger partial charge in [-0.2, -0.15) is 6.42 Å². The molecule has 1 amide bonds. The molecular formula is C20H28NO2Y-. The average Bonchev–Trinajstić information content (AvgIpc) is 2.51. The fraction of sp³-hybridized carbons (Fsp3) is 0.500. The number of aliphatic hydroxyl groups excluding tert-OH is 1. The fourth-order valence-corrected chi connectivity index (χ4v) is 2.81. The van der Waals surface area contributed by atoms with Gasteiger partial charge in [0.05, 0.1) is 18.6 Å². The van der Waals surface area contributed by atoms with Crippen LogP contribution in [0.3, 0.4) is 0 Å². The van der Waals surface area contributed by atoms with Crippen molar-refractivity contribution in [1.82, 2.24) is 4.90 Å². The minimum absolute atomic E-state index is 0. The Hall–Kier alpha value is -0.506. The van der Waals surface area contributed by atoms with Crippen LogP contribution in [-0.4, -0.2) is 22.5 Å². The van der Waals surface area contributed by atoms with Crippen LogP contribution in [0.4, 0.5) is 0 Å². The number of benzene rings is 1. The summed E-state index contributed by atoms with van der Waals surface area (Å²) in [5.74, 6) is 0.202. The molecule has 4 heteroatoms. The van der Waals surface area contributed by atoms with Crippen molar-refractivity contribution in [3.63, 3.8) is 0 Å². The Kier molecular flexibility index (Phi) is 8.31. The van der Waals surface area contributed by atoms with Crippen LogP contribution in [0, 0.1) is 12.3 Å². The van der Waals surface area contributed by atoms with E-state index >= 15 is 0 Å². The van der Waals surface area contributed by atoms with Gasteiger partial charge in [0.15, 0.2) is 0 Å². The number of rotatable bonds is 6. The van der Waals surface area contributed by atoms with Crippen LogP contribution < -0.4 is 0 Å². The largest absolute Gasteiger partial charge is 0.388 e. The maximum absolute atomic E-state index is 11.8. The second-order valence-corrected chi connectivity index (χ2v) is 7.31. The first-order chi connectivity index (χ1) is 10.8. The summed E-state index contributed by atoms with van der Waals surface area (Å²) >= 11 is 0. The number of nitrogens with zero attached hydrogens (tertiary/aromatic N) is 1. The van der Waals surface area contributed by atoms with Crippen LogP contribution in [0.25, 0.3) is 0 Å². The molecule has 24 heavy (non-hydrogen) atoms. The van der Waals surface area contributed by atoms with E-state index in [0.717, 1.165) is 24.0 Å². The van der Waals surface area contributed by atoms with Crippen molar-refractivity contribution >= 4 is 5.91 Å². The monoisotopic (exact) mass is 403 g/mol. The normalized spacial score (nSPS) is 19.1. The molecule has 1 aliphatic rings. The van der Waals surface area contributed by atoms with Gasteiger partial charge in [0.1, 0.15) is 0 Å². The molecule has 1 heterocycles. The summed E-state index contributed by atoms with van der Waals surface area (Å²) < 4.78 is 0. The summed E-state index contributed by atoms with van der Waals surface area (Å²) in [4.78, 5) is 13.7. The zero-order valence-electron chi connectivity index (χ0n) is 15.0.